The Labute approximate surface area is 122 Å². The highest BCUT2D eigenvalue weighted by atomic mass is 16.5. The molecule has 0 aliphatic rings. The van der Waals surface area contributed by atoms with Gasteiger partial charge in [0.1, 0.15) is 6.10 Å². The fourth-order valence-electron chi connectivity index (χ4n) is 2.40. The van der Waals surface area contributed by atoms with Gasteiger partial charge in [-0.2, -0.15) is 4.98 Å². The van der Waals surface area contributed by atoms with Crippen molar-refractivity contribution in [2.75, 3.05) is 13.7 Å². The summed E-state index contributed by atoms with van der Waals surface area (Å²) in [7, 11) is 1.69. The number of nitrogens with zero attached hydrogens (tertiary/aromatic N) is 2. The number of hydrogen-bond donors (Lipinski definition) is 1. The summed E-state index contributed by atoms with van der Waals surface area (Å²) in [4.78, 5) is 4.56. The van der Waals surface area contributed by atoms with Crippen molar-refractivity contribution in [3.63, 3.8) is 0 Å². The maximum atomic E-state index is 5.47. The third kappa shape index (κ3) is 4.56. The van der Waals surface area contributed by atoms with Crippen LogP contribution in [0.2, 0.25) is 0 Å². The second kappa shape index (κ2) is 9.08. The smallest absolute Gasteiger partial charge is 0.231 e. The van der Waals surface area contributed by atoms with Crippen LogP contribution in [0.1, 0.15) is 77.1 Å². The molecule has 116 valence electrons. The average Bonchev–Trinajstić information content (AvgIpc) is 2.92. The monoisotopic (exact) mass is 283 g/mol. The summed E-state index contributed by atoms with van der Waals surface area (Å²) >= 11 is 0. The van der Waals surface area contributed by atoms with E-state index in [4.69, 9.17) is 9.26 Å². The van der Waals surface area contributed by atoms with Crippen molar-refractivity contribution in [2.45, 2.75) is 71.4 Å². The molecular formula is C15H29N3O2. The van der Waals surface area contributed by atoms with Crippen LogP contribution in [0.5, 0.6) is 0 Å². The Morgan fingerprint density at radius 3 is 2.55 bits per heavy atom. The zero-order chi connectivity index (χ0) is 15.0. The fraction of sp³-hybridized carbons (Fsp3) is 0.867. The Morgan fingerprint density at radius 1 is 1.25 bits per heavy atom. The van der Waals surface area contributed by atoms with Gasteiger partial charge in [0, 0.05) is 13.2 Å². The lowest BCUT2D eigenvalue weighted by atomic mass is 9.98. The molecule has 3 unspecified atom stereocenters. The molecule has 0 aromatic carbocycles. The molecule has 5 nitrogen and oxygen atoms in total. The molecule has 1 rings (SSSR count). The second-order valence-electron chi connectivity index (χ2n) is 5.26. The van der Waals surface area contributed by atoms with Gasteiger partial charge in [-0.25, -0.2) is 0 Å². The molecule has 1 heterocycles. The van der Waals surface area contributed by atoms with Crippen LogP contribution in [-0.4, -0.2) is 29.8 Å². The van der Waals surface area contributed by atoms with Crippen molar-refractivity contribution < 1.29 is 9.26 Å². The van der Waals surface area contributed by atoms with Gasteiger partial charge < -0.3 is 14.6 Å². The highest BCUT2D eigenvalue weighted by Gasteiger charge is 2.25. The zero-order valence-electron chi connectivity index (χ0n) is 13.5. The molecule has 1 N–H and O–H groups in total. The Balaban J connectivity index is 2.76. The van der Waals surface area contributed by atoms with Crippen LogP contribution in [0.15, 0.2) is 4.52 Å². The van der Waals surface area contributed by atoms with E-state index in [1.54, 1.807) is 7.11 Å². The van der Waals surface area contributed by atoms with Crippen molar-refractivity contribution in [3.05, 3.63) is 11.7 Å². The topological polar surface area (TPSA) is 60.2 Å². The minimum absolute atomic E-state index is 0.0612. The molecule has 0 spiro atoms. The Morgan fingerprint density at radius 2 is 2.00 bits per heavy atom. The van der Waals surface area contributed by atoms with Gasteiger partial charge in [0.25, 0.3) is 0 Å². The molecule has 20 heavy (non-hydrogen) atoms. The number of ether oxygens (including phenoxy) is 1. The molecule has 0 bridgehead atoms. The van der Waals surface area contributed by atoms with Gasteiger partial charge in [-0.05, 0) is 32.7 Å². The lowest BCUT2D eigenvalue weighted by Gasteiger charge is -2.20. The van der Waals surface area contributed by atoms with E-state index in [1.165, 1.54) is 0 Å². The first-order valence-corrected chi connectivity index (χ1v) is 7.77. The summed E-state index contributed by atoms with van der Waals surface area (Å²) in [5, 5.41) is 7.60. The molecular weight excluding hydrogens is 254 g/mol. The van der Waals surface area contributed by atoms with Crippen LogP contribution in [-0.2, 0) is 4.74 Å². The Bertz CT molecular complexity index is 368. The SMILES string of the molecule is CCCNC(C)C(CC)c1nc(C(CCC)OC)no1. The Hall–Kier alpha value is -0.940. The number of hydrogen-bond acceptors (Lipinski definition) is 5. The minimum Gasteiger partial charge on any atom is -0.373 e. The molecule has 0 amide bonds. The summed E-state index contributed by atoms with van der Waals surface area (Å²) in [5.74, 6) is 1.64. The lowest BCUT2D eigenvalue weighted by Crippen LogP contribution is -2.32. The predicted molar refractivity (Wildman–Crippen MR) is 79.7 cm³/mol. The number of methoxy groups -OCH3 is 1. The number of rotatable bonds is 10. The van der Waals surface area contributed by atoms with Gasteiger partial charge in [-0.15, -0.1) is 0 Å². The molecule has 0 saturated carbocycles. The second-order valence-corrected chi connectivity index (χ2v) is 5.26. The van der Waals surface area contributed by atoms with Crippen molar-refractivity contribution in [2.24, 2.45) is 0 Å². The molecule has 0 aliphatic heterocycles. The number of nitrogens with one attached hydrogen (secondary N) is 1. The first kappa shape index (κ1) is 17.1. The van der Waals surface area contributed by atoms with Crippen LogP contribution in [0.25, 0.3) is 0 Å². The normalized spacial score (nSPS) is 16.1. The summed E-state index contributed by atoms with van der Waals surface area (Å²) in [5.41, 5.74) is 0. The quantitative estimate of drug-likeness (QED) is 0.712. The first-order valence-electron chi connectivity index (χ1n) is 7.77. The Kier molecular flexibility index (Phi) is 7.77. The summed E-state index contributed by atoms with van der Waals surface area (Å²) in [6, 6.07) is 0.334. The summed E-state index contributed by atoms with van der Waals surface area (Å²) in [6.45, 7) is 9.62. The van der Waals surface area contributed by atoms with Crippen molar-refractivity contribution in [3.8, 4) is 0 Å². The van der Waals surface area contributed by atoms with E-state index in [2.05, 4.69) is 43.2 Å². The minimum atomic E-state index is -0.0612. The van der Waals surface area contributed by atoms with E-state index in [0.717, 1.165) is 38.1 Å². The molecule has 0 radical (unpaired) electrons. The van der Waals surface area contributed by atoms with Crippen molar-refractivity contribution in [1.82, 2.24) is 15.5 Å². The van der Waals surface area contributed by atoms with Gasteiger partial charge in [0.15, 0.2) is 0 Å². The highest BCUT2D eigenvalue weighted by Crippen LogP contribution is 2.25. The van der Waals surface area contributed by atoms with E-state index in [1.807, 2.05) is 0 Å². The van der Waals surface area contributed by atoms with Crippen LogP contribution in [0.4, 0.5) is 0 Å². The molecule has 0 aliphatic carbocycles. The fourth-order valence-corrected chi connectivity index (χ4v) is 2.40. The van der Waals surface area contributed by atoms with E-state index in [0.29, 0.717) is 11.9 Å². The predicted octanol–water partition coefficient (Wildman–Crippen LogP) is 3.44. The van der Waals surface area contributed by atoms with Crippen LogP contribution < -0.4 is 5.32 Å². The first-order chi connectivity index (χ1) is 9.67. The molecule has 5 heteroatoms. The van der Waals surface area contributed by atoms with Gasteiger partial charge in [0.2, 0.25) is 11.7 Å². The lowest BCUT2D eigenvalue weighted by molar-refractivity contribution is 0.0854. The van der Waals surface area contributed by atoms with Crippen molar-refractivity contribution in [1.29, 1.82) is 0 Å². The third-order valence-electron chi connectivity index (χ3n) is 3.66. The van der Waals surface area contributed by atoms with Gasteiger partial charge in [-0.3, -0.25) is 0 Å². The van der Waals surface area contributed by atoms with Crippen LogP contribution >= 0.6 is 0 Å². The third-order valence-corrected chi connectivity index (χ3v) is 3.66. The maximum absolute atomic E-state index is 5.47. The van der Waals surface area contributed by atoms with Crippen LogP contribution in [0, 0.1) is 0 Å². The molecule has 3 atom stereocenters. The molecule has 1 aromatic rings. The maximum Gasteiger partial charge on any atom is 0.231 e. The van der Waals surface area contributed by atoms with E-state index >= 15 is 0 Å². The number of aromatic nitrogens is 2. The standard InChI is InChI=1S/C15H29N3O2/c1-6-9-13(19-5)14-17-15(20-18-14)12(8-3)11(4)16-10-7-2/h11-13,16H,6-10H2,1-5H3. The molecule has 0 saturated heterocycles. The van der Waals surface area contributed by atoms with E-state index < -0.39 is 0 Å². The molecule has 1 aromatic heterocycles. The van der Waals surface area contributed by atoms with Gasteiger partial charge in [-0.1, -0.05) is 32.3 Å². The van der Waals surface area contributed by atoms with E-state index in [9.17, 15) is 0 Å². The largest absolute Gasteiger partial charge is 0.373 e. The average molecular weight is 283 g/mol. The zero-order valence-corrected chi connectivity index (χ0v) is 13.5. The van der Waals surface area contributed by atoms with Crippen LogP contribution in [0.3, 0.4) is 0 Å². The van der Waals surface area contributed by atoms with Crippen molar-refractivity contribution >= 4 is 0 Å². The molecule has 0 fully saturated rings. The summed E-state index contributed by atoms with van der Waals surface area (Å²) in [6.07, 6.45) is 3.99. The summed E-state index contributed by atoms with van der Waals surface area (Å²) < 4.78 is 10.9. The van der Waals surface area contributed by atoms with Gasteiger partial charge >= 0.3 is 0 Å². The van der Waals surface area contributed by atoms with E-state index in [-0.39, 0.29) is 12.0 Å². The van der Waals surface area contributed by atoms with Gasteiger partial charge in [0.05, 0.1) is 5.92 Å². The highest BCUT2D eigenvalue weighted by molar-refractivity contribution is 5.00.